The second-order valence-corrected chi connectivity index (χ2v) is 4.83. The second kappa shape index (κ2) is 6.71. The molecule has 100 valence electrons. The Balaban J connectivity index is 2.81. The van der Waals surface area contributed by atoms with E-state index < -0.39 is 0 Å². The van der Waals surface area contributed by atoms with E-state index in [4.69, 9.17) is 16.7 Å². The highest BCUT2D eigenvalue weighted by atomic mass is 35.5. The minimum Gasteiger partial charge on any atom is -0.396 e. The lowest BCUT2D eigenvalue weighted by Gasteiger charge is -2.19. The van der Waals surface area contributed by atoms with Crippen LogP contribution in [-0.4, -0.2) is 28.6 Å². The van der Waals surface area contributed by atoms with E-state index in [0.29, 0.717) is 10.7 Å². The predicted molar refractivity (Wildman–Crippen MR) is 71.8 cm³/mol. The van der Waals surface area contributed by atoms with Crippen LogP contribution in [0.3, 0.4) is 0 Å². The fourth-order valence-electron chi connectivity index (χ4n) is 1.45. The number of nitrogens with one attached hydrogen (secondary N) is 1. The number of aliphatic hydroxyl groups excluding tert-OH is 1. The summed E-state index contributed by atoms with van der Waals surface area (Å²) in [5.41, 5.74) is 1.29. The first kappa shape index (κ1) is 14.9. The molecular formula is C13H19ClN2O2. The molecular weight excluding hydrogens is 252 g/mol. The Hall–Kier alpha value is -1.13. The lowest BCUT2D eigenvalue weighted by Crippen LogP contribution is -2.38. The fourth-order valence-corrected chi connectivity index (χ4v) is 1.68. The van der Waals surface area contributed by atoms with Crippen molar-refractivity contribution < 1.29 is 9.90 Å². The number of halogens is 1. The number of carbonyl (C=O) groups excluding carboxylic acids is 1. The minimum absolute atomic E-state index is 0.0110. The first-order chi connectivity index (χ1) is 8.47. The number of amides is 1. The van der Waals surface area contributed by atoms with Crippen molar-refractivity contribution in [3.05, 3.63) is 28.5 Å². The summed E-state index contributed by atoms with van der Waals surface area (Å²) in [5, 5.41) is 12.2. The van der Waals surface area contributed by atoms with E-state index in [2.05, 4.69) is 10.3 Å². The standard InChI is InChI=1S/C13H19ClN2O2/c1-4-11-5-10(6-12(14)16-11)13(18)15-9(3)8(2)7-17/h5-6,8-9,17H,4,7H2,1-3H3,(H,15,18). The van der Waals surface area contributed by atoms with Gasteiger partial charge in [0.25, 0.3) is 5.91 Å². The highest BCUT2D eigenvalue weighted by molar-refractivity contribution is 6.29. The van der Waals surface area contributed by atoms with Crippen molar-refractivity contribution in [3.63, 3.8) is 0 Å². The lowest BCUT2D eigenvalue weighted by atomic mass is 10.0. The molecule has 0 bridgehead atoms. The van der Waals surface area contributed by atoms with E-state index in [1.54, 1.807) is 12.1 Å². The summed E-state index contributed by atoms with van der Waals surface area (Å²) in [5.74, 6) is -0.182. The number of hydrogen-bond donors (Lipinski definition) is 2. The van der Waals surface area contributed by atoms with Gasteiger partial charge in [-0.25, -0.2) is 4.98 Å². The van der Waals surface area contributed by atoms with Crippen LogP contribution in [0.4, 0.5) is 0 Å². The largest absolute Gasteiger partial charge is 0.396 e. The van der Waals surface area contributed by atoms with Gasteiger partial charge in [-0.15, -0.1) is 0 Å². The number of carbonyl (C=O) groups is 1. The molecule has 0 saturated heterocycles. The summed E-state index contributed by atoms with van der Waals surface area (Å²) in [7, 11) is 0. The van der Waals surface area contributed by atoms with Crippen LogP contribution in [0.2, 0.25) is 5.15 Å². The predicted octanol–water partition coefficient (Wildman–Crippen LogP) is 2.04. The maximum atomic E-state index is 12.0. The van der Waals surface area contributed by atoms with Gasteiger partial charge < -0.3 is 10.4 Å². The summed E-state index contributed by atoms with van der Waals surface area (Å²) >= 11 is 5.87. The van der Waals surface area contributed by atoms with Crippen LogP contribution in [0.15, 0.2) is 12.1 Å². The third kappa shape index (κ3) is 3.96. The Bertz CT molecular complexity index is 423. The highest BCUT2D eigenvalue weighted by Crippen LogP contribution is 2.12. The molecule has 0 aliphatic heterocycles. The van der Waals surface area contributed by atoms with Gasteiger partial charge in [0.15, 0.2) is 0 Å². The lowest BCUT2D eigenvalue weighted by molar-refractivity contribution is 0.0916. The van der Waals surface area contributed by atoms with Gasteiger partial charge in [-0.3, -0.25) is 4.79 Å². The van der Waals surface area contributed by atoms with Gasteiger partial charge in [0.2, 0.25) is 0 Å². The molecule has 0 fully saturated rings. The zero-order valence-corrected chi connectivity index (χ0v) is 11.7. The van der Waals surface area contributed by atoms with Gasteiger partial charge in [0.1, 0.15) is 5.15 Å². The molecule has 0 spiro atoms. The molecule has 1 heterocycles. The maximum Gasteiger partial charge on any atom is 0.251 e. The molecule has 5 heteroatoms. The van der Waals surface area contributed by atoms with Crippen molar-refractivity contribution in [1.82, 2.24) is 10.3 Å². The molecule has 1 aromatic rings. The average Bonchev–Trinajstić information content (AvgIpc) is 2.36. The number of hydrogen-bond acceptors (Lipinski definition) is 3. The van der Waals surface area contributed by atoms with Crippen LogP contribution in [0.5, 0.6) is 0 Å². The molecule has 2 atom stereocenters. The number of aliphatic hydroxyl groups is 1. The molecule has 0 radical (unpaired) electrons. The molecule has 18 heavy (non-hydrogen) atoms. The van der Waals surface area contributed by atoms with Crippen LogP contribution in [-0.2, 0) is 6.42 Å². The number of nitrogens with zero attached hydrogens (tertiary/aromatic N) is 1. The van der Waals surface area contributed by atoms with Crippen molar-refractivity contribution in [2.45, 2.75) is 33.2 Å². The van der Waals surface area contributed by atoms with Crippen LogP contribution < -0.4 is 5.32 Å². The Morgan fingerprint density at radius 3 is 2.72 bits per heavy atom. The van der Waals surface area contributed by atoms with Crippen LogP contribution in [0.1, 0.15) is 36.8 Å². The molecule has 0 aliphatic rings. The number of aryl methyl sites for hydroxylation is 1. The summed E-state index contributed by atoms with van der Waals surface area (Å²) in [6.45, 7) is 5.74. The summed E-state index contributed by atoms with van der Waals surface area (Å²) < 4.78 is 0. The average molecular weight is 271 g/mol. The Morgan fingerprint density at radius 2 is 2.17 bits per heavy atom. The molecule has 0 aliphatic carbocycles. The van der Waals surface area contributed by atoms with E-state index in [1.165, 1.54) is 0 Å². The van der Waals surface area contributed by atoms with Gasteiger partial charge in [-0.2, -0.15) is 0 Å². The fraction of sp³-hybridized carbons (Fsp3) is 0.538. The number of aromatic nitrogens is 1. The molecule has 1 rings (SSSR count). The molecule has 1 aromatic heterocycles. The Morgan fingerprint density at radius 1 is 1.50 bits per heavy atom. The van der Waals surface area contributed by atoms with Crippen molar-refractivity contribution in [2.75, 3.05) is 6.61 Å². The van der Waals surface area contributed by atoms with Crippen LogP contribution in [0.25, 0.3) is 0 Å². The zero-order valence-electron chi connectivity index (χ0n) is 10.9. The van der Waals surface area contributed by atoms with Gasteiger partial charge >= 0.3 is 0 Å². The third-order valence-electron chi connectivity index (χ3n) is 2.97. The third-order valence-corrected chi connectivity index (χ3v) is 3.17. The van der Waals surface area contributed by atoms with E-state index >= 15 is 0 Å². The molecule has 0 saturated carbocycles. The van der Waals surface area contributed by atoms with E-state index in [9.17, 15) is 4.79 Å². The molecule has 2 unspecified atom stereocenters. The van der Waals surface area contributed by atoms with Crippen LogP contribution >= 0.6 is 11.6 Å². The van der Waals surface area contributed by atoms with Crippen LogP contribution in [0, 0.1) is 5.92 Å². The van der Waals surface area contributed by atoms with E-state index in [1.807, 2.05) is 20.8 Å². The maximum absolute atomic E-state index is 12.0. The minimum atomic E-state index is -0.193. The normalized spacial score (nSPS) is 14.1. The van der Waals surface area contributed by atoms with Crippen molar-refractivity contribution >= 4 is 17.5 Å². The van der Waals surface area contributed by atoms with E-state index in [-0.39, 0.29) is 24.5 Å². The monoisotopic (exact) mass is 270 g/mol. The zero-order chi connectivity index (χ0) is 13.7. The molecule has 4 nitrogen and oxygen atoms in total. The molecule has 1 amide bonds. The van der Waals surface area contributed by atoms with Crippen molar-refractivity contribution in [1.29, 1.82) is 0 Å². The Labute approximate surface area is 112 Å². The van der Waals surface area contributed by atoms with Crippen molar-refractivity contribution in [2.24, 2.45) is 5.92 Å². The van der Waals surface area contributed by atoms with Gasteiger partial charge in [-0.05, 0) is 31.4 Å². The summed E-state index contributed by atoms with van der Waals surface area (Å²) in [4.78, 5) is 16.1. The van der Waals surface area contributed by atoms with Crippen molar-refractivity contribution in [3.8, 4) is 0 Å². The first-order valence-electron chi connectivity index (χ1n) is 6.06. The first-order valence-corrected chi connectivity index (χ1v) is 6.43. The second-order valence-electron chi connectivity index (χ2n) is 4.45. The smallest absolute Gasteiger partial charge is 0.251 e. The molecule has 0 aromatic carbocycles. The highest BCUT2D eigenvalue weighted by Gasteiger charge is 2.16. The van der Waals surface area contributed by atoms with Gasteiger partial charge in [0, 0.05) is 23.9 Å². The SMILES string of the molecule is CCc1cc(C(=O)NC(C)C(C)CO)cc(Cl)n1. The van der Waals surface area contributed by atoms with Gasteiger partial charge in [-0.1, -0.05) is 25.4 Å². The number of rotatable bonds is 5. The Kier molecular flexibility index (Phi) is 5.56. The van der Waals surface area contributed by atoms with Gasteiger partial charge in [0.05, 0.1) is 0 Å². The van der Waals surface area contributed by atoms with E-state index in [0.717, 1.165) is 12.1 Å². The summed E-state index contributed by atoms with van der Waals surface area (Å²) in [6, 6.07) is 3.18. The summed E-state index contributed by atoms with van der Waals surface area (Å²) in [6.07, 6.45) is 0.726. The topological polar surface area (TPSA) is 62.2 Å². The molecule has 2 N–H and O–H groups in total. The quantitative estimate of drug-likeness (QED) is 0.805. The number of pyridine rings is 1.